The number of nitrogens with zero attached hydrogens (tertiary/aromatic N) is 2. The average Bonchev–Trinajstić information content (AvgIpc) is 2.90. The number of ether oxygens (including phenoxy) is 3. The predicted octanol–water partition coefficient (Wildman–Crippen LogP) is 3.49. The van der Waals surface area contributed by atoms with Crippen molar-refractivity contribution in [1.29, 1.82) is 0 Å². The molecule has 0 unspecified atom stereocenters. The van der Waals surface area contributed by atoms with Crippen molar-refractivity contribution in [2.24, 2.45) is 0 Å². The van der Waals surface area contributed by atoms with Gasteiger partial charge >= 0.3 is 5.97 Å². The maximum Gasteiger partial charge on any atom is 0.343 e. The van der Waals surface area contributed by atoms with Crippen molar-refractivity contribution in [3.63, 3.8) is 0 Å². The number of aromatic nitrogens is 1. The van der Waals surface area contributed by atoms with Gasteiger partial charge in [-0.15, -0.1) is 0 Å². The standard InChI is InChI=1S/C28H30N2O6/c1-3-35-28(33)23-18-30-22(16-20-10-6-4-7-11-20)17-29(14-15-34-2)27(32)24(30)26(25(23)31)36-19-21-12-8-5-9-13-21/h4-13,18,22H,3,14-17,19H2,1-2H3/t22-/m0/s1. The summed E-state index contributed by atoms with van der Waals surface area (Å²) in [6.07, 6.45) is 2.04. The Morgan fingerprint density at radius 3 is 2.31 bits per heavy atom. The molecule has 3 aromatic rings. The van der Waals surface area contributed by atoms with Crippen LogP contribution in [0.4, 0.5) is 0 Å². The molecule has 8 heteroatoms. The van der Waals surface area contributed by atoms with Gasteiger partial charge in [-0.2, -0.15) is 0 Å². The minimum absolute atomic E-state index is 0.0735. The molecule has 0 spiro atoms. The maximum atomic E-state index is 13.6. The highest BCUT2D eigenvalue weighted by Gasteiger charge is 2.36. The Kier molecular flexibility index (Phi) is 8.17. The number of amides is 1. The van der Waals surface area contributed by atoms with Crippen LogP contribution < -0.4 is 10.2 Å². The summed E-state index contributed by atoms with van der Waals surface area (Å²) in [6.45, 7) is 2.99. The first-order chi connectivity index (χ1) is 17.5. The molecule has 0 aliphatic carbocycles. The molecule has 2 heterocycles. The Hall–Kier alpha value is -3.91. The average molecular weight is 491 g/mol. The van der Waals surface area contributed by atoms with Gasteiger partial charge in [-0.25, -0.2) is 4.79 Å². The third kappa shape index (κ3) is 5.49. The second-order valence-electron chi connectivity index (χ2n) is 8.54. The molecule has 1 amide bonds. The first-order valence-corrected chi connectivity index (χ1v) is 12.0. The van der Waals surface area contributed by atoms with Crippen LogP contribution in [0.15, 0.2) is 71.7 Å². The van der Waals surface area contributed by atoms with Crippen LogP contribution in [0.25, 0.3) is 0 Å². The van der Waals surface area contributed by atoms with Crippen molar-refractivity contribution >= 4 is 11.9 Å². The van der Waals surface area contributed by atoms with E-state index in [1.54, 1.807) is 23.5 Å². The number of hydrogen-bond donors (Lipinski definition) is 0. The molecule has 36 heavy (non-hydrogen) atoms. The molecule has 8 nitrogen and oxygen atoms in total. The molecule has 0 radical (unpaired) electrons. The van der Waals surface area contributed by atoms with E-state index in [0.717, 1.165) is 11.1 Å². The molecule has 0 bridgehead atoms. The number of fused-ring (bicyclic) bond motifs is 1. The first-order valence-electron chi connectivity index (χ1n) is 12.0. The summed E-state index contributed by atoms with van der Waals surface area (Å²) >= 11 is 0. The zero-order valence-electron chi connectivity index (χ0n) is 20.5. The van der Waals surface area contributed by atoms with Gasteiger partial charge in [0.1, 0.15) is 12.2 Å². The summed E-state index contributed by atoms with van der Waals surface area (Å²) in [5, 5.41) is 0. The lowest BCUT2D eigenvalue weighted by atomic mass is 10.0. The first kappa shape index (κ1) is 25.2. The Bertz CT molecular complexity index is 1260. The molecule has 1 atom stereocenters. The van der Waals surface area contributed by atoms with E-state index in [9.17, 15) is 14.4 Å². The van der Waals surface area contributed by atoms with Crippen LogP contribution in [0.3, 0.4) is 0 Å². The van der Waals surface area contributed by atoms with E-state index < -0.39 is 11.4 Å². The van der Waals surface area contributed by atoms with Crippen molar-refractivity contribution < 1.29 is 23.8 Å². The maximum absolute atomic E-state index is 13.6. The fourth-order valence-corrected chi connectivity index (χ4v) is 4.34. The normalized spacial score (nSPS) is 14.9. The number of benzene rings is 2. The Morgan fingerprint density at radius 2 is 1.67 bits per heavy atom. The second-order valence-corrected chi connectivity index (χ2v) is 8.54. The van der Waals surface area contributed by atoms with Gasteiger partial charge in [0.05, 0.1) is 19.3 Å². The van der Waals surface area contributed by atoms with E-state index in [4.69, 9.17) is 14.2 Å². The lowest BCUT2D eigenvalue weighted by Crippen LogP contribution is -2.47. The molecule has 188 valence electrons. The molecule has 0 saturated heterocycles. The summed E-state index contributed by atoms with van der Waals surface area (Å²) in [4.78, 5) is 41.5. The molecule has 1 aromatic heterocycles. The Labute approximate surface area is 210 Å². The lowest BCUT2D eigenvalue weighted by molar-refractivity contribution is 0.0513. The molecule has 1 aliphatic rings. The Morgan fingerprint density at radius 1 is 1.00 bits per heavy atom. The van der Waals surface area contributed by atoms with E-state index in [2.05, 4.69) is 0 Å². The van der Waals surface area contributed by atoms with Gasteiger partial charge in [0.2, 0.25) is 5.43 Å². The topological polar surface area (TPSA) is 87.1 Å². The fraction of sp³-hybridized carbons (Fsp3) is 0.321. The van der Waals surface area contributed by atoms with Crippen molar-refractivity contribution in [3.05, 3.63) is 99.5 Å². The summed E-state index contributed by atoms with van der Waals surface area (Å²) in [7, 11) is 1.58. The van der Waals surface area contributed by atoms with Gasteiger partial charge in [-0.05, 0) is 24.5 Å². The molecule has 2 aromatic carbocycles. The van der Waals surface area contributed by atoms with E-state index in [1.165, 1.54) is 6.20 Å². The Balaban J connectivity index is 1.84. The van der Waals surface area contributed by atoms with Crippen LogP contribution in [0.1, 0.15) is 44.9 Å². The predicted molar refractivity (Wildman–Crippen MR) is 134 cm³/mol. The van der Waals surface area contributed by atoms with Gasteiger partial charge in [0.25, 0.3) is 5.91 Å². The molecule has 1 aliphatic heterocycles. The van der Waals surface area contributed by atoms with Gasteiger partial charge in [0.15, 0.2) is 11.4 Å². The largest absolute Gasteiger partial charge is 0.483 e. The van der Waals surface area contributed by atoms with E-state index >= 15 is 0 Å². The van der Waals surface area contributed by atoms with Crippen LogP contribution in [-0.2, 0) is 22.5 Å². The van der Waals surface area contributed by atoms with Crippen LogP contribution in [0.5, 0.6) is 5.75 Å². The monoisotopic (exact) mass is 490 g/mol. The molecular formula is C28H30N2O6. The number of methoxy groups -OCH3 is 1. The molecule has 0 fully saturated rings. The highest BCUT2D eigenvalue weighted by atomic mass is 16.5. The molecule has 0 saturated carbocycles. The van der Waals surface area contributed by atoms with E-state index in [0.29, 0.717) is 26.1 Å². The molecular weight excluding hydrogens is 460 g/mol. The fourth-order valence-electron chi connectivity index (χ4n) is 4.34. The van der Waals surface area contributed by atoms with Crippen molar-refractivity contribution in [1.82, 2.24) is 9.47 Å². The summed E-state index contributed by atoms with van der Waals surface area (Å²) in [5.74, 6) is -1.23. The highest BCUT2D eigenvalue weighted by Crippen LogP contribution is 2.30. The van der Waals surface area contributed by atoms with Gasteiger partial charge < -0.3 is 23.7 Å². The zero-order chi connectivity index (χ0) is 25.5. The van der Waals surface area contributed by atoms with Crippen LogP contribution in [0, 0.1) is 0 Å². The zero-order valence-corrected chi connectivity index (χ0v) is 20.5. The number of carbonyl (C=O) groups excluding carboxylic acids is 2. The van der Waals surface area contributed by atoms with Gasteiger partial charge in [-0.1, -0.05) is 60.7 Å². The number of rotatable bonds is 10. The van der Waals surface area contributed by atoms with Crippen LogP contribution in [0.2, 0.25) is 0 Å². The smallest absolute Gasteiger partial charge is 0.343 e. The number of esters is 1. The van der Waals surface area contributed by atoms with Gasteiger partial charge in [-0.3, -0.25) is 9.59 Å². The summed E-state index contributed by atoms with van der Waals surface area (Å²) < 4.78 is 18.1. The second kappa shape index (κ2) is 11.7. The van der Waals surface area contributed by atoms with Crippen molar-refractivity contribution in [2.45, 2.75) is 26.0 Å². The van der Waals surface area contributed by atoms with Crippen LogP contribution in [-0.4, -0.2) is 54.8 Å². The SMILES string of the molecule is CCOC(=O)c1cn2c(c(OCc3ccccc3)c1=O)C(=O)N(CCOC)C[C@@H]2Cc1ccccc1. The van der Waals surface area contributed by atoms with Crippen LogP contribution >= 0.6 is 0 Å². The number of carbonyl (C=O) groups is 2. The van der Waals surface area contributed by atoms with E-state index in [-0.39, 0.29) is 42.2 Å². The van der Waals surface area contributed by atoms with Gasteiger partial charge in [0, 0.05) is 26.4 Å². The third-order valence-corrected chi connectivity index (χ3v) is 6.11. The summed E-state index contributed by atoms with van der Waals surface area (Å²) in [5.41, 5.74) is 1.22. The quantitative estimate of drug-likeness (QED) is 0.405. The number of hydrogen-bond acceptors (Lipinski definition) is 6. The minimum Gasteiger partial charge on any atom is -0.483 e. The third-order valence-electron chi connectivity index (χ3n) is 6.11. The summed E-state index contributed by atoms with van der Waals surface area (Å²) in [6, 6.07) is 19.0. The lowest BCUT2D eigenvalue weighted by Gasteiger charge is -2.37. The van der Waals surface area contributed by atoms with Crippen molar-refractivity contribution in [3.8, 4) is 5.75 Å². The number of pyridine rings is 1. The highest BCUT2D eigenvalue weighted by molar-refractivity contribution is 5.98. The minimum atomic E-state index is -0.741. The van der Waals surface area contributed by atoms with Crippen molar-refractivity contribution in [2.75, 3.05) is 33.4 Å². The molecule has 0 N–H and O–H groups in total. The molecule has 4 rings (SSSR count). The van der Waals surface area contributed by atoms with E-state index in [1.807, 2.05) is 60.7 Å².